The molecule has 1 N–H and O–H groups in total. The number of imide groups is 2. The second-order valence-electron chi connectivity index (χ2n) is 5.05. The van der Waals surface area contributed by atoms with Crippen LogP contribution in [0.5, 0.6) is 0 Å². The molecule has 1 saturated heterocycles. The third-order valence-electron chi connectivity index (χ3n) is 3.57. The van der Waals surface area contributed by atoms with Crippen LogP contribution in [-0.2, 0) is 16.1 Å². The molecular formula is C17H14CaN2O3. The van der Waals surface area contributed by atoms with Crippen LogP contribution in [-0.4, -0.2) is 60.5 Å². The molecule has 0 saturated carbocycles. The Morgan fingerprint density at radius 2 is 1.43 bits per heavy atom. The molecule has 0 bridgehead atoms. The van der Waals surface area contributed by atoms with Crippen molar-refractivity contribution in [2.24, 2.45) is 0 Å². The fourth-order valence-electron chi connectivity index (χ4n) is 2.47. The zero-order valence-corrected chi connectivity index (χ0v) is 14.6. The SMILES string of the molecule is O=C1NC(=O)N(Cc2ccccc2)C(=O)C1c1ccccc1.[Ca]. The molecule has 0 spiro atoms. The molecule has 23 heavy (non-hydrogen) atoms. The van der Waals surface area contributed by atoms with E-state index >= 15 is 0 Å². The largest absolute Gasteiger partial charge is 0.331 e. The van der Waals surface area contributed by atoms with Gasteiger partial charge in [-0.25, -0.2) is 4.79 Å². The quantitative estimate of drug-likeness (QED) is 0.686. The molecule has 4 amide bonds. The van der Waals surface area contributed by atoms with Crippen molar-refractivity contribution in [2.75, 3.05) is 0 Å². The number of hydrogen-bond acceptors (Lipinski definition) is 3. The van der Waals surface area contributed by atoms with Crippen molar-refractivity contribution < 1.29 is 14.4 Å². The van der Waals surface area contributed by atoms with Gasteiger partial charge in [-0.2, -0.15) is 0 Å². The summed E-state index contributed by atoms with van der Waals surface area (Å²) in [4.78, 5) is 37.7. The zero-order chi connectivity index (χ0) is 15.5. The van der Waals surface area contributed by atoms with Crippen molar-refractivity contribution >= 4 is 55.6 Å². The van der Waals surface area contributed by atoms with Gasteiger partial charge in [-0.3, -0.25) is 19.8 Å². The average Bonchev–Trinajstić information content (AvgIpc) is 2.53. The number of carbonyl (C=O) groups excluding carboxylic acids is 3. The van der Waals surface area contributed by atoms with Crippen LogP contribution in [0.3, 0.4) is 0 Å². The molecule has 2 aromatic rings. The number of urea groups is 1. The van der Waals surface area contributed by atoms with E-state index in [1.807, 2.05) is 36.4 Å². The Kier molecular flexibility index (Phi) is 5.93. The van der Waals surface area contributed by atoms with Crippen molar-refractivity contribution in [3.63, 3.8) is 0 Å². The summed E-state index contributed by atoms with van der Waals surface area (Å²) >= 11 is 0. The van der Waals surface area contributed by atoms with E-state index in [-0.39, 0.29) is 44.3 Å². The van der Waals surface area contributed by atoms with Crippen LogP contribution in [0.4, 0.5) is 4.79 Å². The molecule has 5 nitrogen and oxygen atoms in total. The van der Waals surface area contributed by atoms with Gasteiger partial charge in [0.15, 0.2) is 0 Å². The number of nitrogens with one attached hydrogen (secondary N) is 1. The van der Waals surface area contributed by atoms with E-state index in [0.29, 0.717) is 5.56 Å². The van der Waals surface area contributed by atoms with E-state index in [4.69, 9.17) is 0 Å². The van der Waals surface area contributed by atoms with Gasteiger partial charge >= 0.3 is 6.03 Å². The standard InChI is InChI=1S/C17H14N2O3.Ca/c20-15-14(13-9-5-2-6-10-13)16(21)19(17(22)18-15)11-12-7-3-1-4-8-12;/h1-10,14H,11H2,(H,18,20,22);. The topological polar surface area (TPSA) is 66.5 Å². The maximum Gasteiger partial charge on any atom is 0.331 e. The van der Waals surface area contributed by atoms with Crippen LogP contribution in [0.15, 0.2) is 60.7 Å². The summed E-state index contributed by atoms with van der Waals surface area (Å²) in [6, 6.07) is 17.2. The van der Waals surface area contributed by atoms with Gasteiger partial charge in [-0.1, -0.05) is 60.7 Å². The van der Waals surface area contributed by atoms with Crippen molar-refractivity contribution in [2.45, 2.75) is 12.5 Å². The minimum absolute atomic E-state index is 0. The van der Waals surface area contributed by atoms with Crippen LogP contribution < -0.4 is 5.32 Å². The molecule has 0 aromatic heterocycles. The normalized spacial score (nSPS) is 17.5. The van der Waals surface area contributed by atoms with E-state index in [1.54, 1.807) is 24.3 Å². The molecule has 3 rings (SSSR count). The molecule has 1 aliphatic rings. The third-order valence-corrected chi connectivity index (χ3v) is 3.57. The Morgan fingerprint density at radius 1 is 0.870 bits per heavy atom. The number of hydrogen-bond donors (Lipinski definition) is 1. The van der Waals surface area contributed by atoms with Crippen molar-refractivity contribution in [1.82, 2.24) is 10.2 Å². The summed E-state index contributed by atoms with van der Waals surface area (Å²) in [5.74, 6) is -2.06. The van der Waals surface area contributed by atoms with Crippen molar-refractivity contribution in [3.05, 3.63) is 71.8 Å². The summed E-state index contributed by atoms with van der Waals surface area (Å²) < 4.78 is 0. The summed E-state index contributed by atoms with van der Waals surface area (Å²) in [5.41, 5.74) is 1.41. The second-order valence-corrected chi connectivity index (χ2v) is 5.05. The summed E-state index contributed by atoms with van der Waals surface area (Å²) in [6.07, 6.45) is 0. The first kappa shape index (κ1) is 17.7. The first-order valence-electron chi connectivity index (χ1n) is 6.92. The second kappa shape index (κ2) is 7.72. The van der Waals surface area contributed by atoms with Gasteiger partial charge in [0.2, 0.25) is 11.8 Å². The smallest absolute Gasteiger partial charge is 0.277 e. The average molecular weight is 334 g/mol. The number of amides is 4. The van der Waals surface area contributed by atoms with E-state index in [9.17, 15) is 14.4 Å². The Balaban J connectivity index is 0.00000192. The summed E-state index contributed by atoms with van der Waals surface area (Å²) in [7, 11) is 0. The van der Waals surface area contributed by atoms with Gasteiger partial charge < -0.3 is 0 Å². The van der Waals surface area contributed by atoms with E-state index in [2.05, 4.69) is 5.32 Å². The predicted molar refractivity (Wildman–Crippen MR) is 85.5 cm³/mol. The van der Waals surface area contributed by atoms with Crippen molar-refractivity contribution in [3.8, 4) is 0 Å². The van der Waals surface area contributed by atoms with Crippen molar-refractivity contribution in [1.29, 1.82) is 0 Å². The van der Waals surface area contributed by atoms with Gasteiger partial charge in [0.1, 0.15) is 5.92 Å². The molecule has 112 valence electrons. The Labute approximate surface area is 163 Å². The fraction of sp³-hybridized carbons (Fsp3) is 0.118. The maximum absolute atomic E-state index is 12.6. The van der Waals surface area contributed by atoms with E-state index < -0.39 is 23.8 Å². The third kappa shape index (κ3) is 3.80. The minimum atomic E-state index is -0.984. The minimum Gasteiger partial charge on any atom is -0.277 e. The van der Waals surface area contributed by atoms with Gasteiger partial charge in [-0.15, -0.1) is 0 Å². The number of barbiturate groups is 1. The van der Waals surface area contributed by atoms with Crippen LogP contribution in [0.1, 0.15) is 17.0 Å². The van der Waals surface area contributed by atoms with Crippen LogP contribution in [0.2, 0.25) is 0 Å². The number of carbonyl (C=O) groups is 3. The first-order chi connectivity index (χ1) is 10.7. The van der Waals surface area contributed by atoms with Crippen LogP contribution in [0.25, 0.3) is 0 Å². The molecule has 1 fully saturated rings. The molecule has 6 heteroatoms. The van der Waals surface area contributed by atoms with E-state index in [0.717, 1.165) is 10.5 Å². The number of nitrogens with zero attached hydrogens (tertiary/aromatic N) is 1. The Hall–Kier alpha value is -1.69. The van der Waals surface area contributed by atoms with Gasteiger partial charge in [0.05, 0.1) is 6.54 Å². The van der Waals surface area contributed by atoms with Crippen LogP contribution in [0, 0.1) is 0 Å². The van der Waals surface area contributed by atoms with Gasteiger partial charge in [0, 0.05) is 37.7 Å². The Bertz CT molecular complexity index is 719. The molecule has 1 aliphatic heterocycles. The maximum atomic E-state index is 12.6. The fourth-order valence-corrected chi connectivity index (χ4v) is 2.47. The molecule has 2 aromatic carbocycles. The summed E-state index contributed by atoms with van der Waals surface area (Å²) in [6.45, 7) is 0.141. The molecular weight excluding hydrogens is 320 g/mol. The zero-order valence-electron chi connectivity index (χ0n) is 12.4. The molecule has 1 unspecified atom stereocenters. The number of benzene rings is 2. The molecule has 0 aliphatic carbocycles. The predicted octanol–water partition coefficient (Wildman–Crippen LogP) is 1.67. The van der Waals surface area contributed by atoms with Crippen LogP contribution >= 0.6 is 0 Å². The number of rotatable bonds is 3. The Morgan fingerprint density at radius 3 is 2.04 bits per heavy atom. The van der Waals surface area contributed by atoms with E-state index in [1.165, 1.54) is 0 Å². The van der Waals surface area contributed by atoms with Gasteiger partial charge in [0.25, 0.3) is 0 Å². The molecule has 1 heterocycles. The molecule has 1 atom stereocenters. The molecule has 2 radical (unpaired) electrons. The first-order valence-corrected chi connectivity index (χ1v) is 6.92. The van der Waals surface area contributed by atoms with Gasteiger partial charge in [-0.05, 0) is 11.1 Å². The summed E-state index contributed by atoms with van der Waals surface area (Å²) in [5, 5.41) is 2.26. The monoisotopic (exact) mass is 334 g/mol.